The molecule has 1 aliphatic carbocycles. The Kier molecular flexibility index (Phi) is 4.93. The van der Waals surface area contributed by atoms with Crippen molar-refractivity contribution in [3.05, 3.63) is 64.9 Å². The van der Waals surface area contributed by atoms with Gasteiger partial charge in [0.05, 0.1) is 6.10 Å². The van der Waals surface area contributed by atoms with Crippen LogP contribution in [0.4, 0.5) is 0 Å². The molecule has 5 rings (SSSR count). The fraction of sp³-hybridized carbons (Fsp3) is 0.360. The molecule has 2 heterocycles. The van der Waals surface area contributed by atoms with Gasteiger partial charge >= 0.3 is 0 Å². The first-order valence-corrected chi connectivity index (χ1v) is 10.7. The molecule has 0 saturated carbocycles. The van der Waals surface area contributed by atoms with Gasteiger partial charge in [0.1, 0.15) is 5.75 Å². The van der Waals surface area contributed by atoms with Gasteiger partial charge in [-0.2, -0.15) is 0 Å². The lowest BCUT2D eigenvalue weighted by Gasteiger charge is -2.34. The second-order valence-electron chi connectivity index (χ2n) is 8.57. The molecule has 31 heavy (non-hydrogen) atoms. The van der Waals surface area contributed by atoms with Crippen LogP contribution in [-0.2, 0) is 9.59 Å². The second kappa shape index (κ2) is 7.76. The lowest BCUT2D eigenvalue weighted by atomic mass is 9.73. The number of ether oxygens (including phenoxy) is 3. The quantitative estimate of drug-likeness (QED) is 0.804. The molecule has 0 bridgehead atoms. The number of amides is 1. The van der Waals surface area contributed by atoms with Crippen LogP contribution in [0, 0.1) is 0 Å². The van der Waals surface area contributed by atoms with Crippen molar-refractivity contribution in [2.75, 3.05) is 6.79 Å². The maximum Gasteiger partial charge on any atom is 0.231 e. The van der Waals surface area contributed by atoms with Gasteiger partial charge in [0.15, 0.2) is 17.3 Å². The molecular weight excluding hydrogens is 394 g/mol. The maximum absolute atomic E-state index is 13.3. The number of fused-ring (bicyclic) bond motifs is 1. The van der Waals surface area contributed by atoms with E-state index in [1.807, 2.05) is 56.3 Å². The Morgan fingerprint density at radius 2 is 1.68 bits per heavy atom. The van der Waals surface area contributed by atoms with Crippen LogP contribution >= 0.6 is 0 Å². The third kappa shape index (κ3) is 3.78. The minimum atomic E-state index is -0.256. The molecule has 0 spiro atoms. The summed E-state index contributed by atoms with van der Waals surface area (Å²) in [6.07, 6.45) is 1.44. The summed E-state index contributed by atoms with van der Waals surface area (Å²) >= 11 is 0. The SMILES string of the molecule is CC(C)Oc1ccc(C2CC(=O)C3=C(C2)NC(=O)CC3c2ccc3c(c2)OCO3)cc1. The predicted octanol–water partition coefficient (Wildman–Crippen LogP) is 4.21. The first kappa shape index (κ1) is 19.7. The van der Waals surface area contributed by atoms with Crippen LogP contribution in [0.5, 0.6) is 17.2 Å². The Balaban J connectivity index is 1.43. The van der Waals surface area contributed by atoms with Crippen LogP contribution < -0.4 is 19.5 Å². The van der Waals surface area contributed by atoms with Crippen LogP contribution in [0.25, 0.3) is 0 Å². The predicted molar refractivity (Wildman–Crippen MR) is 114 cm³/mol. The number of carbonyl (C=O) groups excluding carboxylic acids is 2. The van der Waals surface area contributed by atoms with E-state index in [1.165, 1.54) is 0 Å². The highest BCUT2D eigenvalue weighted by Gasteiger charge is 2.38. The van der Waals surface area contributed by atoms with Gasteiger partial charge < -0.3 is 19.5 Å². The van der Waals surface area contributed by atoms with E-state index in [1.54, 1.807) is 0 Å². The summed E-state index contributed by atoms with van der Waals surface area (Å²) in [6.45, 7) is 4.17. The van der Waals surface area contributed by atoms with Gasteiger partial charge in [0.2, 0.25) is 12.7 Å². The number of carbonyl (C=O) groups is 2. The Morgan fingerprint density at radius 3 is 2.45 bits per heavy atom. The van der Waals surface area contributed by atoms with E-state index in [-0.39, 0.29) is 42.8 Å². The van der Waals surface area contributed by atoms with Crippen LogP contribution in [0.3, 0.4) is 0 Å². The van der Waals surface area contributed by atoms with Crippen molar-refractivity contribution in [2.24, 2.45) is 0 Å². The van der Waals surface area contributed by atoms with Crippen molar-refractivity contribution >= 4 is 11.7 Å². The molecule has 0 radical (unpaired) electrons. The van der Waals surface area contributed by atoms with Crippen molar-refractivity contribution in [2.45, 2.75) is 51.0 Å². The number of hydrogen-bond acceptors (Lipinski definition) is 5. The maximum atomic E-state index is 13.3. The van der Waals surface area contributed by atoms with Crippen molar-refractivity contribution in [1.29, 1.82) is 0 Å². The molecule has 2 aromatic rings. The van der Waals surface area contributed by atoms with E-state index in [0.717, 1.165) is 28.1 Å². The van der Waals surface area contributed by atoms with E-state index >= 15 is 0 Å². The van der Waals surface area contributed by atoms with Crippen LogP contribution in [0.2, 0.25) is 0 Å². The minimum Gasteiger partial charge on any atom is -0.491 e. The molecule has 2 aliphatic heterocycles. The van der Waals surface area contributed by atoms with Crippen molar-refractivity contribution in [3.8, 4) is 17.2 Å². The Morgan fingerprint density at radius 1 is 0.935 bits per heavy atom. The number of nitrogens with one attached hydrogen (secondary N) is 1. The van der Waals surface area contributed by atoms with Gasteiger partial charge in [-0.05, 0) is 61.6 Å². The number of allylic oxidation sites excluding steroid dienone is 2. The van der Waals surface area contributed by atoms with E-state index in [9.17, 15) is 9.59 Å². The van der Waals surface area contributed by atoms with E-state index in [2.05, 4.69) is 5.32 Å². The monoisotopic (exact) mass is 419 g/mol. The zero-order valence-electron chi connectivity index (χ0n) is 17.6. The highest BCUT2D eigenvalue weighted by atomic mass is 16.7. The van der Waals surface area contributed by atoms with Gasteiger partial charge in [-0.3, -0.25) is 9.59 Å². The highest BCUT2D eigenvalue weighted by molar-refractivity contribution is 6.02. The highest BCUT2D eigenvalue weighted by Crippen LogP contribution is 2.44. The molecule has 1 N–H and O–H groups in total. The molecule has 0 fully saturated rings. The molecule has 6 heteroatoms. The molecule has 160 valence electrons. The normalized spacial score (nSPS) is 22.4. The number of rotatable bonds is 4. The number of Topliss-reactive ketones (excluding diaryl/α,β-unsaturated/α-hetero) is 1. The van der Waals surface area contributed by atoms with E-state index in [4.69, 9.17) is 14.2 Å². The van der Waals surface area contributed by atoms with Crippen molar-refractivity contribution < 1.29 is 23.8 Å². The molecule has 2 atom stereocenters. The Labute approximate surface area is 181 Å². The summed E-state index contributed by atoms with van der Waals surface area (Å²) in [4.78, 5) is 25.8. The van der Waals surface area contributed by atoms with Crippen LogP contribution in [0.1, 0.15) is 56.1 Å². The zero-order valence-corrected chi connectivity index (χ0v) is 17.6. The molecule has 0 saturated heterocycles. The lowest BCUT2D eigenvalue weighted by molar-refractivity contribution is -0.122. The molecular formula is C25H25NO5. The average Bonchev–Trinajstić information content (AvgIpc) is 3.20. The fourth-order valence-corrected chi connectivity index (χ4v) is 4.70. The van der Waals surface area contributed by atoms with Gasteiger partial charge in [0, 0.05) is 30.0 Å². The van der Waals surface area contributed by atoms with Gasteiger partial charge in [-0.25, -0.2) is 0 Å². The Hall–Kier alpha value is -3.28. The largest absolute Gasteiger partial charge is 0.491 e. The Bertz CT molecular complexity index is 1070. The number of ketones is 1. The molecule has 6 nitrogen and oxygen atoms in total. The third-order valence-electron chi connectivity index (χ3n) is 6.06. The summed E-state index contributed by atoms with van der Waals surface area (Å²) in [7, 11) is 0. The summed E-state index contributed by atoms with van der Waals surface area (Å²) in [5.74, 6) is 1.99. The summed E-state index contributed by atoms with van der Waals surface area (Å²) < 4.78 is 16.6. The zero-order chi connectivity index (χ0) is 21.5. The topological polar surface area (TPSA) is 73.9 Å². The fourth-order valence-electron chi connectivity index (χ4n) is 4.70. The first-order valence-electron chi connectivity index (χ1n) is 10.7. The first-order chi connectivity index (χ1) is 15.0. The second-order valence-corrected chi connectivity index (χ2v) is 8.57. The number of hydrogen-bond donors (Lipinski definition) is 1. The molecule has 0 aromatic heterocycles. The van der Waals surface area contributed by atoms with E-state index < -0.39 is 0 Å². The summed E-state index contributed by atoms with van der Waals surface area (Å²) in [5.41, 5.74) is 3.47. The molecule has 3 aliphatic rings. The summed E-state index contributed by atoms with van der Waals surface area (Å²) in [6, 6.07) is 13.6. The summed E-state index contributed by atoms with van der Waals surface area (Å²) in [5, 5.41) is 2.98. The smallest absolute Gasteiger partial charge is 0.231 e. The average molecular weight is 419 g/mol. The molecule has 1 amide bonds. The van der Waals surface area contributed by atoms with Gasteiger partial charge in [-0.15, -0.1) is 0 Å². The van der Waals surface area contributed by atoms with Crippen LogP contribution in [-0.4, -0.2) is 24.6 Å². The number of benzene rings is 2. The lowest BCUT2D eigenvalue weighted by Crippen LogP contribution is -2.38. The van der Waals surface area contributed by atoms with Crippen LogP contribution in [0.15, 0.2) is 53.7 Å². The van der Waals surface area contributed by atoms with Gasteiger partial charge in [0.25, 0.3) is 0 Å². The molecule has 2 aromatic carbocycles. The minimum absolute atomic E-state index is 0.0372. The van der Waals surface area contributed by atoms with Crippen molar-refractivity contribution in [1.82, 2.24) is 5.32 Å². The van der Waals surface area contributed by atoms with Crippen molar-refractivity contribution in [3.63, 3.8) is 0 Å². The van der Waals surface area contributed by atoms with E-state index in [0.29, 0.717) is 24.3 Å². The standard InChI is InChI=1S/C25H25NO5/c1-14(2)31-18-6-3-15(4-7-18)17-9-20-25(21(27)10-17)19(12-24(28)26-20)16-5-8-22-23(11-16)30-13-29-22/h3-8,11,14,17,19H,9-10,12-13H2,1-2H3,(H,26,28). The molecule has 2 unspecified atom stereocenters. The van der Waals surface area contributed by atoms with Gasteiger partial charge in [-0.1, -0.05) is 18.2 Å². The third-order valence-corrected chi connectivity index (χ3v) is 6.06.